The monoisotopic (exact) mass is 560 g/mol. The van der Waals surface area contributed by atoms with Gasteiger partial charge < -0.3 is 16.0 Å². The second kappa shape index (κ2) is 13.5. The van der Waals surface area contributed by atoms with E-state index in [2.05, 4.69) is 100.0 Å². The van der Waals surface area contributed by atoms with Gasteiger partial charge in [-0.05, 0) is 121 Å². The van der Waals surface area contributed by atoms with E-state index in [9.17, 15) is 0 Å². The maximum Gasteiger partial charge on any atom is 0.0811 e. The highest BCUT2D eigenvalue weighted by atomic mass is 14.9. The summed E-state index contributed by atoms with van der Waals surface area (Å²) in [5.74, 6) is 0. The van der Waals surface area contributed by atoms with Crippen LogP contribution in [0, 0.1) is 41.5 Å². The number of nitrogens with zero attached hydrogens (tertiary/aromatic N) is 3. The van der Waals surface area contributed by atoms with Crippen molar-refractivity contribution in [2.45, 2.75) is 87.4 Å². The minimum Gasteiger partial charge on any atom is -0.307 e. The lowest BCUT2D eigenvalue weighted by Crippen LogP contribution is -2.20. The summed E-state index contributed by atoms with van der Waals surface area (Å²) in [6.45, 7) is 18.5. The fourth-order valence-corrected chi connectivity index (χ4v) is 6.18. The lowest BCUT2D eigenvalue weighted by molar-refractivity contribution is 0.646. The topological polar surface area (TPSA) is 74.2 Å². The van der Waals surface area contributed by atoms with Crippen molar-refractivity contribution in [2.75, 3.05) is 0 Å². The molecule has 6 heteroatoms. The lowest BCUT2D eigenvalue weighted by Gasteiger charge is -2.19. The molecule has 3 N–H and O–H groups in total. The number of aryl methyl sites for hydroxylation is 4. The zero-order chi connectivity index (χ0) is 29.6. The van der Waals surface area contributed by atoms with Gasteiger partial charge in [0.2, 0.25) is 0 Å². The molecule has 1 aliphatic rings. The van der Waals surface area contributed by atoms with Gasteiger partial charge in [0.1, 0.15) is 0 Å². The Labute approximate surface area is 251 Å². The number of benzene rings is 2. The van der Waals surface area contributed by atoms with Crippen LogP contribution in [0.3, 0.4) is 0 Å². The molecule has 0 aliphatic carbocycles. The van der Waals surface area contributed by atoms with E-state index in [0.29, 0.717) is 13.1 Å². The first kappa shape index (κ1) is 29.8. The van der Waals surface area contributed by atoms with Gasteiger partial charge in [-0.2, -0.15) is 0 Å². The third-order valence-electron chi connectivity index (χ3n) is 8.57. The van der Waals surface area contributed by atoms with Gasteiger partial charge >= 0.3 is 0 Å². The number of rotatable bonds is 0. The predicted molar refractivity (Wildman–Crippen MR) is 173 cm³/mol. The Morgan fingerprint density at radius 1 is 0.500 bits per heavy atom. The Balaban J connectivity index is 1.44. The molecule has 4 aromatic rings. The Morgan fingerprint density at radius 3 is 1.45 bits per heavy atom. The molecule has 0 saturated carbocycles. The number of hydrogen-bond donors (Lipinski definition) is 3. The molecular formula is C36H44N6. The van der Waals surface area contributed by atoms with E-state index in [0.717, 1.165) is 55.5 Å². The van der Waals surface area contributed by atoms with E-state index in [1.165, 1.54) is 55.6 Å². The predicted octanol–water partition coefficient (Wildman–Crippen LogP) is 6.13. The van der Waals surface area contributed by atoms with Crippen LogP contribution in [0.25, 0.3) is 0 Å². The molecule has 0 spiro atoms. The molecule has 0 atom stereocenters. The van der Waals surface area contributed by atoms with Gasteiger partial charge in [-0.1, -0.05) is 24.3 Å². The second-order valence-corrected chi connectivity index (χ2v) is 11.6. The van der Waals surface area contributed by atoms with Gasteiger partial charge in [-0.15, -0.1) is 0 Å². The molecule has 0 saturated heterocycles. The third-order valence-corrected chi connectivity index (χ3v) is 8.57. The first-order valence-electron chi connectivity index (χ1n) is 15.0. The van der Waals surface area contributed by atoms with Crippen LogP contribution in [-0.2, 0) is 45.8 Å². The van der Waals surface area contributed by atoms with E-state index >= 15 is 0 Å². The highest BCUT2D eigenvalue weighted by Gasteiger charge is 2.13. The van der Waals surface area contributed by atoms with Gasteiger partial charge in [-0.25, -0.2) is 0 Å². The third kappa shape index (κ3) is 7.01. The standard InChI is InChI=1S/C36H44N6/c1-23-13-24(2)34-20-38-16-30-11-8-12-32(42-30)18-40-22-36-26(4)14-25(3)35(28(36)6)21-39-17-31-10-7-9-29(41-31)15-37-19-33(23)27(34)5/h7-15,38-40H,16-22H2,1-6H3. The minimum absolute atomic E-state index is 0.639. The van der Waals surface area contributed by atoms with E-state index in [1.54, 1.807) is 0 Å². The van der Waals surface area contributed by atoms with Crippen molar-refractivity contribution in [1.29, 1.82) is 0 Å². The van der Waals surface area contributed by atoms with Crippen molar-refractivity contribution in [3.8, 4) is 0 Å². The summed E-state index contributed by atoms with van der Waals surface area (Å²) in [5, 5.41) is 10.9. The summed E-state index contributed by atoms with van der Waals surface area (Å²) >= 11 is 0. The molecule has 0 fully saturated rings. The number of nitrogens with one attached hydrogen (secondary N) is 3. The van der Waals surface area contributed by atoms with Crippen molar-refractivity contribution in [1.82, 2.24) is 25.9 Å². The molecular weight excluding hydrogens is 516 g/mol. The Bertz CT molecular complexity index is 1600. The number of pyridine rings is 2. The zero-order valence-corrected chi connectivity index (χ0v) is 26.0. The number of hydrogen-bond acceptors (Lipinski definition) is 6. The highest BCUT2D eigenvalue weighted by molar-refractivity contribution is 5.76. The molecule has 0 unspecified atom stereocenters. The summed E-state index contributed by atoms with van der Waals surface area (Å²) in [5.41, 5.74) is 17.3. The van der Waals surface area contributed by atoms with Crippen molar-refractivity contribution in [3.63, 3.8) is 0 Å². The van der Waals surface area contributed by atoms with E-state index in [1.807, 2.05) is 12.3 Å². The summed E-state index contributed by atoms with van der Waals surface area (Å²) in [7, 11) is 0. The van der Waals surface area contributed by atoms with Crippen LogP contribution in [0.2, 0.25) is 0 Å². The Morgan fingerprint density at radius 2 is 0.929 bits per heavy atom. The molecule has 2 aromatic carbocycles. The van der Waals surface area contributed by atoms with E-state index in [-0.39, 0.29) is 0 Å². The van der Waals surface area contributed by atoms with Crippen molar-refractivity contribution >= 4 is 6.21 Å². The van der Waals surface area contributed by atoms with Crippen LogP contribution < -0.4 is 16.0 Å². The molecule has 42 heavy (non-hydrogen) atoms. The maximum atomic E-state index is 4.94. The molecule has 5 rings (SSSR count). The minimum atomic E-state index is 0.639. The van der Waals surface area contributed by atoms with E-state index < -0.39 is 0 Å². The van der Waals surface area contributed by atoms with Gasteiger partial charge in [0.25, 0.3) is 0 Å². The fraction of sp³-hybridized carbons (Fsp3) is 0.361. The van der Waals surface area contributed by atoms with Crippen LogP contribution >= 0.6 is 0 Å². The smallest absolute Gasteiger partial charge is 0.0811 e. The van der Waals surface area contributed by atoms with Crippen molar-refractivity contribution < 1.29 is 0 Å². The molecule has 8 bridgehead atoms. The summed E-state index contributed by atoms with van der Waals surface area (Å²) in [6.07, 6.45) is 1.91. The average molecular weight is 561 g/mol. The highest BCUT2D eigenvalue weighted by Crippen LogP contribution is 2.24. The first-order chi connectivity index (χ1) is 20.3. The molecule has 0 amide bonds. The van der Waals surface area contributed by atoms with Gasteiger partial charge in [0, 0.05) is 45.5 Å². The quantitative estimate of drug-likeness (QED) is 0.241. The summed E-state index contributed by atoms with van der Waals surface area (Å²) < 4.78 is 0. The van der Waals surface area contributed by atoms with Crippen LogP contribution in [0.15, 0.2) is 53.5 Å². The van der Waals surface area contributed by atoms with Crippen LogP contribution in [0.4, 0.5) is 0 Å². The van der Waals surface area contributed by atoms with Crippen molar-refractivity contribution in [2.24, 2.45) is 4.99 Å². The first-order valence-corrected chi connectivity index (χ1v) is 15.0. The van der Waals surface area contributed by atoms with Gasteiger partial charge in [0.05, 0.1) is 29.3 Å². The fourth-order valence-electron chi connectivity index (χ4n) is 6.18. The summed E-state index contributed by atoms with van der Waals surface area (Å²) in [4.78, 5) is 14.6. The average Bonchev–Trinajstić information content (AvgIpc) is 2.96. The van der Waals surface area contributed by atoms with Gasteiger partial charge in [0.15, 0.2) is 0 Å². The number of fused-ring (bicyclic) bond motifs is 8. The van der Waals surface area contributed by atoms with Crippen LogP contribution in [0.1, 0.15) is 78.4 Å². The zero-order valence-electron chi connectivity index (χ0n) is 26.0. The molecule has 1 aliphatic heterocycles. The summed E-state index contributed by atoms with van der Waals surface area (Å²) in [6, 6.07) is 17.1. The van der Waals surface area contributed by atoms with Gasteiger partial charge in [-0.3, -0.25) is 15.0 Å². The Hall–Kier alpha value is -3.71. The number of aliphatic imine (C=N–C) groups is 1. The lowest BCUT2D eigenvalue weighted by atomic mass is 9.93. The molecule has 6 nitrogen and oxygen atoms in total. The molecule has 218 valence electrons. The second-order valence-electron chi connectivity index (χ2n) is 11.6. The SMILES string of the molecule is Cc1cc(C)c2c(C)c1CN=Cc1cccc(n1)CNCc1c(C)cc(C)c(c1C)CNCc1cccc(n1)CNC2. The van der Waals surface area contributed by atoms with Crippen molar-refractivity contribution in [3.05, 3.63) is 127 Å². The molecule has 2 aromatic heterocycles. The normalized spacial score (nSPS) is 14.8. The number of aromatic nitrogens is 2. The largest absolute Gasteiger partial charge is 0.307 e. The molecule has 0 radical (unpaired) electrons. The van der Waals surface area contributed by atoms with Crippen LogP contribution in [0.5, 0.6) is 0 Å². The Kier molecular flexibility index (Phi) is 9.58. The molecule has 3 heterocycles. The van der Waals surface area contributed by atoms with E-state index in [4.69, 9.17) is 15.0 Å². The van der Waals surface area contributed by atoms with Crippen LogP contribution in [-0.4, -0.2) is 16.2 Å². The maximum absolute atomic E-state index is 4.94.